The number of hydrogen-bond acceptors (Lipinski definition) is 4. The van der Waals surface area contributed by atoms with Crippen LogP contribution >= 0.6 is 0 Å². The zero-order valence-corrected chi connectivity index (χ0v) is 10.8. The van der Waals surface area contributed by atoms with E-state index < -0.39 is 24.2 Å². The predicted molar refractivity (Wildman–Crippen MR) is 59.6 cm³/mol. The summed E-state index contributed by atoms with van der Waals surface area (Å²) in [6.07, 6.45) is -4.41. The molecule has 0 radical (unpaired) electrons. The number of aliphatic hydroxyl groups is 1. The quantitative estimate of drug-likeness (QED) is 0.878. The van der Waals surface area contributed by atoms with Crippen LogP contribution in [0.2, 0.25) is 0 Å². The second-order valence-electron chi connectivity index (χ2n) is 4.37. The van der Waals surface area contributed by atoms with E-state index in [0.29, 0.717) is 19.0 Å². The molecule has 19 heavy (non-hydrogen) atoms. The van der Waals surface area contributed by atoms with Crippen molar-refractivity contribution in [1.29, 1.82) is 0 Å². The lowest BCUT2D eigenvalue weighted by molar-refractivity contribution is -0.249. The Morgan fingerprint density at radius 1 is 1.47 bits per heavy atom. The third-order valence-corrected chi connectivity index (χ3v) is 2.70. The van der Waals surface area contributed by atoms with Crippen molar-refractivity contribution in [2.45, 2.75) is 39.0 Å². The molecule has 0 fully saturated rings. The number of carbonyl (C=O) groups is 1. The van der Waals surface area contributed by atoms with Gasteiger partial charge in [0, 0.05) is 0 Å². The molecule has 1 heterocycles. The number of amides is 1. The second kappa shape index (κ2) is 5.20. The van der Waals surface area contributed by atoms with Gasteiger partial charge in [-0.15, -0.1) is 0 Å². The van der Waals surface area contributed by atoms with Crippen LogP contribution in [0.15, 0.2) is 4.52 Å². The van der Waals surface area contributed by atoms with Crippen LogP contribution in [0.4, 0.5) is 13.2 Å². The number of aryl methyl sites for hydroxylation is 2. The van der Waals surface area contributed by atoms with E-state index in [0.717, 1.165) is 0 Å². The van der Waals surface area contributed by atoms with E-state index in [9.17, 15) is 23.1 Å². The third-order valence-electron chi connectivity index (χ3n) is 2.70. The monoisotopic (exact) mass is 280 g/mol. The van der Waals surface area contributed by atoms with E-state index >= 15 is 0 Å². The van der Waals surface area contributed by atoms with E-state index in [1.807, 2.05) is 5.32 Å². The summed E-state index contributed by atoms with van der Waals surface area (Å²) in [7, 11) is 0. The summed E-state index contributed by atoms with van der Waals surface area (Å²) in [4.78, 5) is 11.8. The molecule has 1 atom stereocenters. The summed E-state index contributed by atoms with van der Waals surface area (Å²) >= 11 is 0. The smallest absolute Gasteiger partial charge is 0.379 e. The first kappa shape index (κ1) is 15.5. The Morgan fingerprint density at radius 2 is 2.05 bits per heavy atom. The molecule has 0 bridgehead atoms. The summed E-state index contributed by atoms with van der Waals surface area (Å²) in [5, 5.41) is 14.9. The molecule has 0 saturated heterocycles. The van der Waals surface area contributed by atoms with Gasteiger partial charge in [-0.2, -0.15) is 13.2 Å². The number of halogens is 3. The first-order valence-electron chi connectivity index (χ1n) is 5.62. The van der Waals surface area contributed by atoms with Crippen LogP contribution in [0.1, 0.15) is 35.7 Å². The van der Waals surface area contributed by atoms with Crippen molar-refractivity contribution in [1.82, 2.24) is 10.5 Å². The van der Waals surface area contributed by atoms with Gasteiger partial charge in [0.25, 0.3) is 5.91 Å². The molecule has 1 rings (SSSR count). The van der Waals surface area contributed by atoms with Gasteiger partial charge in [0.2, 0.25) is 0 Å². The van der Waals surface area contributed by atoms with E-state index in [4.69, 9.17) is 4.52 Å². The Kier molecular flexibility index (Phi) is 4.24. The summed E-state index contributed by atoms with van der Waals surface area (Å²) < 4.78 is 42.1. The molecule has 2 N–H and O–H groups in total. The number of nitrogens with zero attached hydrogens (tertiary/aromatic N) is 1. The maximum atomic E-state index is 12.4. The number of alkyl halides is 3. The zero-order valence-electron chi connectivity index (χ0n) is 10.8. The van der Waals surface area contributed by atoms with Crippen LogP contribution in [0.3, 0.4) is 0 Å². The molecule has 1 aromatic heterocycles. The predicted octanol–water partition coefficient (Wildman–Crippen LogP) is 1.59. The summed E-state index contributed by atoms with van der Waals surface area (Å²) in [6.45, 7) is 2.88. The van der Waals surface area contributed by atoms with Crippen molar-refractivity contribution >= 4 is 5.91 Å². The molecule has 0 saturated carbocycles. The minimum Gasteiger partial charge on any atom is -0.379 e. The second-order valence-corrected chi connectivity index (χ2v) is 4.37. The van der Waals surface area contributed by atoms with Crippen molar-refractivity contribution in [2.75, 3.05) is 6.54 Å². The molecule has 0 aliphatic rings. The lowest BCUT2D eigenvalue weighted by atomic mass is 10.1. The largest absolute Gasteiger partial charge is 0.418 e. The standard InChI is InChI=1S/C11H15F3N2O3/c1-4-7-8(6(2)19-16-7)9(17)15-5-10(3,18)11(12,13)14/h18H,4-5H2,1-3H3,(H,15,17). The molecular weight excluding hydrogens is 265 g/mol. The first-order chi connectivity index (χ1) is 8.60. The number of nitrogens with one attached hydrogen (secondary N) is 1. The van der Waals surface area contributed by atoms with Gasteiger partial charge in [-0.25, -0.2) is 0 Å². The average Bonchev–Trinajstić information content (AvgIpc) is 2.66. The van der Waals surface area contributed by atoms with Gasteiger partial charge in [0.05, 0.1) is 12.2 Å². The van der Waals surface area contributed by atoms with Gasteiger partial charge in [-0.1, -0.05) is 12.1 Å². The molecule has 8 heteroatoms. The number of hydrogen-bond donors (Lipinski definition) is 2. The van der Waals surface area contributed by atoms with Gasteiger partial charge in [-0.3, -0.25) is 4.79 Å². The Bertz CT molecular complexity index is 466. The molecule has 0 spiro atoms. The van der Waals surface area contributed by atoms with Crippen molar-refractivity contribution in [3.63, 3.8) is 0 Å². The zero-order chi connectivity index (χ0) is 14.8. The van der Waals surface area contributed by atoms with Crippen LogP contribution in [-0.2, 0) is 6.42 Å². The SMILES string of the molecule is CCc1noc(C)c1C(=O)NCC(C)(O)C(F)(F)F. The van der Waals surface area contributed by atoms with Crippen LogP contribution in [0, 0.1) is 6.92 Å². The molecule has 1 unspecified atom stereocenters. The van der Waals surface area contributed by atoms with Gasteiger partial charge >= 0.3 is 6.18 Å². The maximum absolute atomic E-state index is 12.4. The lowest BCUT2D eigenvalue weighted by Gasteiger charge is -2.26. The van der Waals surface area contributed by atoms with Gasteiger partial charge in [0.15, 0.2) is 5.60 Å². The molecule has 0 aromatic carbocycles. The van der Waals surface area contributed by atoms with Crippen molar-refractivity contribution in [3.05, 3.63) is 17.0 Å². The molecule has 1 aromatic rings. The lowest BCUT2D eigenvalue weighted by Crippen LogP contribution is -2.51. The maximum Gasteiger partial charge on any atom is 0.418 e. The van der Waals surface area contributed by atoms with Gasteiger partial charge in [-0.05, 0) is 20.3 Å². The fourth-order valence-electron chi connectivity index (χ4n) is 1.39. The fourth-order valence-corrected chi connectivity index (χ4v) is 1.39. The highest BCUT2D eigenvalue weighted by Gasteiger charge is 2.50. The van der Waals surface area contributed by atoms with Crippen LogP contribution in [0.25, 0.3) is 0 Å². The Morgan fingerprint density at radius 3 is 2.53 bits per heavy atom. The molecule has 0 aliphatic carbocycles. The molecule has 108 valence electrons. The van der Waals surface area contributed by atoms with Crippen molar-refractivity contribution < 1.29 is 27.6 Å². The van der Waals surface area contributed by atoms with E-state index in [1.54, 1.807) is 6.92 Å². The Labute approximate surface area is 107 Å². The molecule has 0 aliphatic heterocycles. The third kappa shape index (κ3) is 3.25. The van der Waals surface area contributed by atoms with E-state index in [-0.39, 0.29) is 11.3 Å². The topological polar surface area (TPSA) is 75.4 Å². The van der Waals surface area contributed by atoms with Crippen molar-refractivity contribution in [2.24, 2.45) is 0 Å². The first-order valence-corrected chi connectivity index (χ1v) is 5.62. The summed E-state index contributed by atoms with van der Waals surface area (Å²) in [5.41, 5.74) is -2.51. The molecular formula is C11H15F3N2O3. The fraction of sp³-hybridized carbons (Fsp3) is 0.636. The number of aromatic nitrogens is 1. The molecule has 5 nitrogen and oxygen atoms in total. The van der Waals surface area contributed by atoms with Crippen molar-refractivity contribution in [3.8, 4) is 0 Å². The van der Waals surface area contributed by atoms with E-state index in [2.05, 4.69) is 5.16 Å². The summed E-state index contributed by atoms with van der Waals surface area (Å²) in [5.74, 6) is -0.527. The van der Waals surface area contributed by atoms with Crippen LogP contribution in [-0.4, -0.2) is 34.5 Å². The summed E-state index contributed by atoms with van der Waals surface area (Å²) in [6, 6.07) is 0. The number of carbonyl (C=O) groups excluding carboxylic acids is 1. The van der Waals surface area contributed by atoms with Crippen LogP contribution < -0.4 is 5.32 Å². The average molecular weight is 280 g/mol. The minimum atomic E-state index is -4.82. The highest BCUT2D eigenvalue weighted by molar-refractivity contribution is 5.96. The number of rotatable bonds is 4. The highest BCUT2D eigenvalue weighted by atomic mass is 19.4. The highest BCUT2D eigenvalue weighted by Crippen LogP contribution is 2.29. The normalized spacial score (nSPS) is 15.1. The van der Waals surface area contributed by atoms with Crippen LogP contribution in [0.5, 0.6) is 0 Å². The van der Waals surface area contributed by atoms with Gasteiger partial charge < -0.3 is 14.9 Å². The molecule has 1 amide bonds. The minimum absolute atomic E-state index is 0.112. The van der Waals surface area contributed by atoms with Gasteiger partial charge in [0.1, 0.15) is 11.3 Å². The van der Waals surface area contributed by atoms with E-state index in [1.165, 1.54) is 6.92 Å². The Hall–Kier alpha value is -1.57. The Balaban J connectivity index is 2.79.